The molecule has 3 rings (SSSR count). The average Bonchev–Trinajstić information content (AvgIpc) is 2.91. The Hall–Kier alpha value is -3.84. The second-order valence-electron chi connectivity index (χ2n) is 8.43. The van der Waals surface area contributed by atoms with Crippen LogP contribution in [0.5, 0.6) is 11.5 Å². The van der Waals surface area contributed by atoms with Gasteiger partial charge in [0, 0.05) is 11.9 Å². The van der Waals surface area contributed by atoms with E-state index in [2.05, 4.69) is 0 Å². The predicted molar refractivity (Wildman–Crippen MR) is 130 cm³/mol. The van der Waals surface area contributed by atoms with E-state index in [-0.39, 0.29) is 6.42 Å². The van der Waals surface area contributed by atoms with Crippen LogP contribution in [0.3, 0.4) is 0 Å². The van der Waals surface area contributed by atoms with Gasteiger partial charge in [-0.1, -0.05) is 74.4 Å². The van der Waals surface area contributed by atoms with E-state index >= 15 is 0 Å². The van der Waals surface area contributed by atoms with Crippen molar-refractivity contribution in [3.63, 3.8) is 0 Å². The van der Waals surface area contributed by atoms with Crippen LogP contribution >= 0.6 is 0 Å². The Morgan fingerprint density at radius 3 is 1.61 bits per heavy atom. The number of hydrogen-bond donors (Lipinski definition) is 0. The van der Waals surface area contributed by atoms with Crippen LogP contribution < -0.4 is 19.7 Å². The van der Waals surface area contributed by atoms with Crippen LogP contribution in [0, 0.1) is 5.92 Å². The molecule has 0 amide bonds. The average molecular weight is 491 g/mol. The second-order valence-corrected chi connectivity index (χ2v) is 8.43. The van der Waals surface area contributed by atoms with Crippen LogP contribution in [0.2, 0.25) is 0 Å². The predicted octanol–water partition coefficient (Wildman–Crippen LogP) is 2.69. The van der Waals surface area contributed by atoms with E-state index in [1.165, 1.54) is 0 Å². The maximum atomic E-state index is 12.4. The first-order valence-electron chi connectivity index (χ1n) is 11.8. The Morgan fingerprint density at radius 1 is 0.750 bits per heavy atom. The summed E-state index contributed by atoms with van der Waals surface area (Å²) in [7, 11) is 3.09. The topological polar surface area (TPSA) is 108 Å². The van der Waals surface area contributed by atoms with Crippen LogP contribution in [0.1, 0.15) is 42.9 Å². The smallest absolute Gasteiger partial charge is 0.144 e. The minimum absolute atomic E-state index is 0.0770. The van der Waals surface area contributed by atoms with E-state index in [4.69, 9.17) is 14.2 Å². The van der Waals surface area contributed by atoms with Gasteiger partial charge in [0.1, 0.15) is 23.2 Å². The van der Waals surface area contributed by atoms with Crippen LogP contribution in [-0.2, 0) is 19.9 Å². The number of methoxy groups -OCH3 is 2. The van der Waals surface area contributed by atoms with Gasteiger partial charge in [0.05, 0.1) is 20.2 Å². The van der Waals surface area contributed by atoms with Crippen molar-refractivity contribution in [3.8, 4) is 11.5 Å². The Labute approximate surface area is 211 Å². The molecule has 0 bridgehead atoms. The lowest BCUT2D eigenvalue weighted by Crippen LogP contribution is -2.52. The lowest BCUT2D eigenvalue weighted by atomic mass is 9.79. The van der Waals surface area contributed by atoms with Crippen molar-refractivity contribution < 1.29 is 34.0 Å². The molecular formula is C29H30O7-2. The van der Waals surface area contributed by atoms with Crippen molar-refractivity contribution in [2.45, 2.75) is 37.9 Å². The summed E-state index contributed by atoms with van der Waals surface area (Å²) in [5.74, 6) is -3.33. The highest BCUT2D eigenvalue weighted by atomic mass is 16.5. The Kier molecular flexibility index (Phi) is 9.08. The molecule has 36 heavy (non-hydrogen) atoms. The molecule has 2 atom stereocenters. The number of ether oxygens (including phenoxy) is 3. The molecule has 2 unspecified atom stereocenters. The molecule has 7 heteroatoms. The third kappa shape index (κ3) is 5.69. The zero-order valence-corrected chi connectivity index (χ0v) is 20.6. The molecule has 7 nitrogen and oxygen atoms in total. The molecule has 0 saturated heterocycles. The highest BCUT2D eigenvalue weighted by Crippen LogP contribution is 2.43. The van der Waals surface area contributed by atoms with Gasteiger partial charge < -0.3 is 34.0 Å². The number of benzene rings is 3. The van der Waals surface area contributed by atoms with Crippen LogP contribution in [-0.4, -0.2) is 32.3 Å². The number of hydrogen-bond acceptors (Lipinski definition) is 7. The molecule has 3 aromatic carbocycles. The third-order valence-electron chi connectivity index (χ3n) is 6.25. The molecule has 3 aromatic rings. The largest absolute Gasteiger partial charge is 0.550 e. The minimum atomic E-state index is -1.79. The van der Waals surface area contributed by atoms with Gasteiger partial charge in [-0.05, 0) is 47.4 Å². The molecule has 0 spiro atoms. The minimum Gasteiger partial charge on any atom is -0.550 e. The van der Waals surface area contributed by atoms with Crippen molar-refractivity contribution in [2.24, 2.45) is 5.92 Å². The molecule has 0 aliphatic rings. The summed E-state index contributed by atoms with van der Waals surface area (Å²) in [5.41, 5.74) is 0.279. The molecule has 0 saturated carbocycles. The zero-order chi connectivity index (χ0) is 26.1. The number of carboxylic acid groups (broad SMARTS) is 2. The number of aliphatic carboxylic acids is 2. The Morgan fingerprint density at radius 2 is 1.22 bits per heavy atom. The Balaban J connectivity index is 2.30. The number of carboxylic acids is 2. The first-order valence-corrected chi connectivity index (χ1v) is 11.8. The van der Waals surface area contributed by atoms with Gasteiger partial charge >= 0.3 is 0 Å². The van der Waals surface area contributed by atoms with Crippen molar-refractivity contribution >= 4 is 11.9 Å². The van der Waals surface area contributed by atoms with Gasteiger partial charge in [0.2, 0.25) is 0 Å². The lowest BCUT2D eigenvalue weighted by molar-refractivity contribution is -0.335. The standard InChI is InChI=1S/C29H32O7/c1-4-5-11-25(27(30)31)26(28(32)33)36-29(20-9-7-6-8-10-20,21-12-16-23(34-2)17-13-21)22-14-18-24(35-3)19-15-22/h6-10,12-19,25-26H,4-5,11H2,1-3H3,(H,30,31)(H,32,33)/p-2. The number of carbonyl (C=O) groups is 2. The van der Waals surface area contributed by atoms with Gasteiger partial charge in [-0.2, -0.15) is 0 Å². The summed E-state index contributed by atoms with van der Waals surface area (Å²) in [6.07, 6.45) is -0.529. The van der Waals surface area contributed by atoms with E-state index in [0.29, 0.717) is 41.0 Å². The Bertz CT molecular complexity index is 1080. The number of unbranched alkanes of at least 4 members (excludes halogenated alkanes) is 1. The number of carbonyl (C=O) groups excluding carboxylic acids is 2. The van der Waals surface area contributed by atoms with E-state index in [1.54, 1.807) is 74.9 Å². The summed E-state index contributed by atoms with van der Waals surface area (Å²) >= 11 is 0. The molecular weight excluding hydrogens is 460 g/mol. The highest BCUT2D eigenvalue weighted by molar-refractivity contribution is 5.80. The normalized spacial score (nSPS) is 13.0. The van der Waals surface area contributed by atoms with Crippen LogP contribution in [0.15, 0.2) is 78.9 Å². The van der Waals surface area contributed by atoms with E-state index in [0.717, 1.165) is 0 Å². The maximum absolute atomic E-state index is 12.4. The molecule has 0 N–H and O–H groups in total. The fourth-order valence-corrected chi connectivity index (χ4v) is 4.33. The lowest BCUT2D eigenvalue weighted by Gasteiger charge is -2.41. The first kappa shape index (κ1) is 26.8. The van der Waals surface area contributed by atoms with E-state index in [9.17, 15) is 19.8 Å². The first-order chi connectivity index (χ1) is 17.4. The van der Waals surface area contributed by atoms with Crippen LogP contribution in [0.4, 0.5) is 0 Å². The molecule has 0 fully saturated rings. The summed E-state index contributed by atoms with van der Waals surface area (Å²) in [5, 5.41) is 24.5. The van der Waals surface area contributed by atoms with Gasteiger partial charge in [-0.3, -0.25) is 0 Å². The monoisotopic (exact) mass is 490 g/mol. The highest BCUT2D eigenvalue weighted by Gasteiger charge is 2.42. The fourth-order valence-electron chi connectivity index (χ4n) is 4.33. The molecule has 0 aromatic heterocycles. The van der Waals surface area contributed by atoms with Crippen molar-refractivity contribution in [1.29, 1.82) is 0 Å². The summed E-state index contributed by atoms with van der Waals surface area (Å²) < 4.78 is 17.1. The summed E-state index contributed by atoms with van der Waals surface area (Å²) in [6.45, 7) is 1.89. The quantitative estimate of drug-likeness (QED) is 0.339. The SMILES string of the molecule is CCCCC(C(=O)[O-])C(OC(c1ccccc1)(c1ccc(OC)cc1)c1ccc(OC)cc1)C(=O)[O-]. The molecule has 0 aliphatic heterocycles. The molecule has 0 radical (unpaired) electrons. The molecule has 0 aliphatic carbocycles. The molecule has 190 valence electrons. The second kappa shape index (κ2) is 12.2. The van der Waals surface area contributed by atoms with E-state index in [1.807, 2.05) is 25.1 Å². The van der Waals surface area contributed by atoms with Gasteiger partial charge in [-0.25, -0.2) is 0 Å². The van der Waals surface area contributed by atoms with Crippen molar-refractivity contribution in [3.05, 3.63) is 95.6 Å². The molecule has 0 heterocycles. The van der Waals surface area contributed by atoms with Crippen molar-refractivity contribution in [1.82, 2.24) is 0 Å². The van der Waals surface area contributed by atoms with Gasteiger partial charge in [-0.15, -0.1) is 0 Å². The zero-order valence-electron chi connectivity index (χ0n) is 20.6. The van der Waals surface area contributed by atoms with Gasteiger partial charge in [0.25, 0.3) is 0 Å². The third-order valence-corrected chi connectivity index (χ3v) is 6.25. The van der Waals surface area contributed by atoms with Crippen LogP contribution in [0.25, 0.3) is 0 Å². The summed E-state index contributed by atoms with van der Waals surface area (Å²) in [4.78, 5) is 24.5. The fraction of sp³-hybridized carbons (Fsp3) is 0.310. The maximum Gasteiger partial charge on any atom is 0.144 e. The van der Waals surface area contributed by atoms with E-state index < -0.39 is 29.6 Å². The summed E-state index contributed by atoms with van der Waals surface area (Å²) in [6, 6.07) is 23.1. The van der Waals surface area contributed by atoms with Crippen molar-refractivity contribution in [2.75, 3.05) is 14.2 Å². The van der Waals surface area contributed by atoms with Gasteiger partial charge in [0.15, 0.2) is 0 Å². The number of rotatable bonds is 13.